The minimum absolute atomic E-state index is 0.0971. The Balaban J connectivity index is 0. The van der Waals surface area contributed by atoms with Crippen molar-refractivity contribution in [3.05, 3.63) is 0 Å². The van der Waals surface area contributed by atoms with Gasteiger partial charge in [-0.2, -0.15) is 12.6 Å². The highest BCUT2D eigenvalue weighted by molar-refractivity contribution is 7.79. The summed E-state index contributed by atoms with van der Waals surface area (Å²) in [6.45, 7) is 9.19. The van der Waals surface area contributed by atoms with Crippen LogP contribution >= 0.6 is 12.6 Å². The second kappa shape index (κ2) is 37.5. The van der Waals surface area contributed by atoms with E-state index in [0.717, 1.165) is 51.4 Å². The highest BCUT2D eigenvalue weighted by Gasteiger charge is 2.21. The van der Waals surface area contributed by atoms with Crippen LogP contribution < -0.4 is 5.73 Å². The van der Waals surface area contributed by atoms with Crippen molar-refractivity contribution in [1.82, 2.24) is 4.90 Å². The van der Waals surface area contributed by atoms with Gasteiger partial charge in [-0.05, 0) is 31.9 Å². The molecular weight excluding hydrogens is 609 g/mol. The number of rotatable bonds is 33. The first kappa shape index (κ1) is 47.8. The van der Waals surface area contributed by atoms with Crippen LogP contribution in [0.4, 0.5) is 0 Å². The molecule has 0 aromatic heterocycles. The molecule has 0 radical (unpaired) electrons. The summed E-state index contributed by atoms with van der Waals surface area (Å²) >= 11 is 3.53. The van der Waals surface area contributed by atoms with E-state index < -0.39 is 0 Å². The van der Waals surface area contributed by atoms with Crippen molar-refractivity contribution in [2.24, 2.45) is 17.6 Å². The maximum absolute atomic E-state index is 12.7. The molecule has 0 aromatic rings. The smallest absolute Gasteiger partial charge is 0.308 e. The number of unbranched alkanes of at least 4 members (excludes halogenated alkanes) is 18. The van der Waals surface area contributed by atoms with Gasteiger partial charge in [0.05, 0.1) is 31.5 Å². The molecule has 2 atom stereocenters. The molecule has 0 heterocycles. The van der Waals surface area contributed by atoms with E-state index in [4.69, 9.17) is 15.2 Å². The molecule has 1 amide bonds. The lowest BCUT2D eigenvalue weighted by Crippen LogP contribution is -2.41. The summed E-state index contributed by atoms with van der Waals surface area (Å²) in [5, 5.41) is 0. The Kier molecular flexibility index (Phi) is 38.2. The number of nitrogens with two attached hydrogens (primary N) is 1. The van der Waals surface area contributed by atoms with Crippen LogP contribution in [-0.2, 0) is 23.9 Å². The summed E-state index contributed by atoms with van der Waals surface area (Å²) in [7, 11) is 0. The highest BCUT2D eigenvalue weighted by Crippen LogP contribution is 2.19. The largest absolute Gasteiger partial charge is 0.464 e. The Hall–Kier alpha value is -1.28. The molecule has 0 saturated heterocycles. The molecule has 0 aliphatic heterocycles. The zero-order valence-corrected chi connectivity index (χ0v) is 32.6. The average Bonchev–Trinajstić information content (AvgIpc) is 3.09. The van der Waals surface area contributed by atoms with E-state index in [1.165, 1.54) is 108 Å². The number of ether oxygens (including phenoxy) is 2. The van der Waals surface area contributed by atoms with Gasteiger partial charge in [0.15, 0.2) is 0 Å². The first-order valence-corrected chi connectivity index (χ1v) is 20.6. The monoisotopic (exact) mass is 687 g/mol. The molecule has 280 valence electrons. The molecule has 7 nitrogen and oxygen atoms in total. The number of thiol groups is 1. The lowest BCUT2D eigenvalue weighted by atomic mass is 9.98. The predicted octanol–water partition coefficient (Wildman–Crippen LogP) is 10.1. The van der Waals surface area contributed by atoms with E-state index in [2.05, 4.69) is 26.5 Å². The van der Waals surface area contributed by atoms with E-state index in [0.29, 0.717) is 0 Å². The van der Waals surface area contributed by atoms with Crippen molar-refractivity contribution in [2.45, 2.75) is 182 Å². The summed E-state index contributed by atoms with van der Waals surface area (Å²) in [4.78, 5) is 39.3. The lowest BCUT2D eigenvalue weighted by Gasteiger charge is -2.23. The quantitative estimate of drug-likeness (QED) is 0.0405. The molecule has 0 rings (SSSR count). The number of hydrogen-bond donors (Lipinski definition) is 2. The number of esters is 2. The SMILES string of the molecule is CCCCCCCCCCCCC(CC)C(=O)OCCN(CCOC(=O)C(CC)CCCCCCCCCCCC)C(=O)CN.CS. The van der Waals surface area contributed by atoms with Crippen LogP contribution in [0.25, 0.3) is 0 Å². The summed E-state index contributed by atoms with van der Waals surface area (Å²) in [5.74, 6) is -0.798. The molecule has 2 unspecified atom stereocenters. The fourth-order valence-electron chi connectivity index (χ4n) is 5.97. The van der Waals surface area contributed by atoms with E-state index >= 15 is 0 Å². The maximum Gasteiger partial charge on any atom is 0.308 e. The Morgan fingerprint density at radius 3 is 1.11 bits per heavy atom. The van der Waals surface area contributed by atoms with Crippen molar-refractivity contribution < 1.29 is 23.9 Å². The Bertz CT molecular complexity index is 659. The van der Waals surface area contributed by atoms with Gasteiger partial charge in [-0.15, -0.1) is 0 Å². The fraction of sp³-hybridized carbons (Fsp3) is 0.923. The molecular formula is C39H78N2O5S. The van der Waals surface area contributed by atoms with E-state index in [1.54, 1.807) is 6.26 Å². The minimum Gasteiger partial charge on any atom is -0.464 e. The second-order valence-electron chi connectivity index (χ2n) is 13.1. The Morgan fingerprint density at radius 1 is 0.532 bits per heavy atom. The maximum atomic E-state index is 12.7. The van der Waals surface area contributed by atoms with Crippen LogP contribution in [0.1, 0.15) is 182 Å². The summed E-state index contributed by atoms with van der Waals surface area (Å²) in [6, 6.07) is 0. The molecule has 0 aliphatic carbocycles. The van der Waals surface area contributed by atoms with Crippen molar-refractivity contribution in [2.75, 3.05) is 39.1 Å². The number of carbonyl (C=O) groups excluding carboxylic acids is 3. The normalized spacial score (nSPS) is 12.1. The van der Waals surface area contributed by atoms with Crippen molar-refractivity contribution in [3.8, 4) is 0 Å². The highest BCUT2D eigenvalue weighted by atomic mass is 32.1. The summed E-state index contributed by atoms with van der Waals surface area (Å²) in [6.07, 6.45) is 30.4. The second-order valence-corrected chi connectivity index (χ2v) is 13.1. The van der Waals surface area contributed by atoms with Crippen molar-refractivity contribution >= 4 is 30.5 Å². The number of amides is 1. The van der Waals surface area contributed by atoms with E-state index in [1.807, 2.05) is 13.8 Å². The first-order valence-electron chi connectivity index (χ1n) is 19.7. The van der Waals surface area contributed by atoms with Gasteiger partial charge < -0.3 is 20.1 Å². The van der Waals surface area contributed by atoms with Crippen LogP contribution in [0, 0.1) is 11.8 Å². The van der Waals surface area contributed by atoms with Gasteiger partial charge in [0.1, 0.15) is 13.2 Å². The zero-order valence-electron chi connectivity index (χ0n) is 31.7. The average molecular weight is 687 g/mol. The number of nitrogens with zero attached hydrogens (tertiary/aromatic N) is 1. The third-order valence-electron chi connectivity index (χ3n) is 9.20. The number of hydrogen-bond acceptors (Lipinski definition) is 7. The van der Waals surface area contributed by atoms with Crippen LogP contribution in [0.3, 0.4) is 0 Å². The number of carbonyl (C=O) groups is 3. The molecule has 8 heteroatoms. The molecule has 0 saturated carbocycles. The molecule has 0 aromatic carbocycles. The third kappa shape index (κ3) is 29.4. The molecule has 2 N–H and O–H groups in total. The van der Waals surface area contributed by atoms with Crippen LogP contribution in [0.5, 0.6) is 0 Å². The van der Waals surface area contributed by atoms with Gasteiger partial charge in [0, 0.05) is 0 Å². The van der Waals surface area contributed by atoms with Crippen LogP contribution in [0.2, 0.25) is 0 Å². The Morgan fingerprint density at radius 2 is 0.830 bits per heavy atom. The first-order chi connectivity index (χ1) is 22.9. The van der Waals surface area contributed by atoms with Crippen molar-refractivity contribution in [1.29, 1.82) is 0 Å². The lowest BCUT2D eigenvalue weighted by molar-refractivity contribution is -0.152. The standard InChI is InChI=1S/C38H74N2O5.CH4S/c1-5-9-11-13-15-17-19-21-23-25-27-34(7-3)37(42)44-31-29-40(36(41)33-39)30-32-45-38(43)35(8-4)28-26-24-22-20-18-16-14-12-10-6-2;1-2/h34-35H,5-33,39H2,1-4H3;2H,1H3. The van der Waals surface area contributed by atoms with Gasteiger partial charge in [-0.25, -0.2) is 0 Å². The molecule has 47 heavy (non-hydrogen) atoms. The topological polar surface area (TPSA) is 98.9 Å². The van der Waals surface area contributed by atoms with Gasteiger partial charge in [-0.1, -0.05) is 156 Å². The van der Waals surface area contributed by atoms with Crippen LogP contribution in [0.15, 0.2) is 0 Å². The van der Waals surface area contributed by atoms with Gasteiger partial charge in [0.2, 0.25) is 5.91 Å². The predicted molar refractivity (Wildman–Crippen MR) is 203 cm³/mol. The molecule has 0 spiro atoms. The summed E-state index contributed by atoms with van der Waals surface area (Å²) in [5.41, 5.74) is 5.62. The summed E-state index contributed by atoms with van der Waals surface area (Å²) < 4.78 is 11.1. The van der Waals surface area contributed by atoms with Crippen molar-refractivity contribution in [3.63, 3.8) is 0 Å². The Labute approximate surface area is 297 Å². The molecule has 0 fully saturated rings. The minimum atomic E-state index is -0.239. The van der Waals surface area contributed by atoms with Gasteiger partial charge >= 0.3 is 11.9 Å². The molecule has 0 bridgehead atoms. The van der Waals surface area contributed by atoms with E-state index in [9.17, 15) is 14.4 Å². The fourth-order valence-corrected chi connectivity index (χ4v) is 5.97. The zero-order chi connectivity index (χ0) is 35.4. The third-order valence-corrected chi connectivity index (χ3v) is 9.20. The van der Waals surface area contributed by atoms with Gasteiger partial charge in [-0.3, -0.25) is 14.4 Å². The van der Waals surface area contributed by atoms with E-state index in [-0.39, 0.29) is 62.5 Å². The van der Waals surface area contributed by atoms with Crippen LogP contribution in [-0.4, -0.2) is 61.8 Å². The molecule has 0 aliphatic rings. The van der Waals surface area contributed by atoms with Gasteiger partial charge in [0.25, 0.3) is 0 Å².